The molecule has 0 saturated heterocycles. The molecule has 0 aliphatic heterocycles. The number of fused-ring (bicyclic) bond motifs is 1. The molecule has 1 heterocycles. The molecule has 3 aromatic rings. The molecule has 0 bridgehead atoms. The van der Waals surface area contributed by atoms with Crippen molar-refractivity contribution < 1.29 is 13.9 Å². The number of carbonyl (C=O) groups excluding carboxylic acids is 1. The first-order valence-electron chi connectivity index (χ1n) is 8.11. The molecule has 0 aliphatic rings. The maximum atomic E-state index is 12.5. The summed E-state index contributed by atoms with van der Waals surface area (Å²) in [5.74, 6) is 0.157. The summed E-state index contributed by atoms with van der Waals surface area (Å²) in [6.45, 7) is 0.959. The van der Waals surface area contributed by atoms with Crippen LogP contribution in [0.25, 0.3) is 11.0 Å². The second-order valence-corrected chi connectivity index (χ2v) is 5.68. The van der Waals surface area contributed by atoms with Gasteiger partial charge in [-0.25, -0.2) is 0 Å². The summed E-state index contributed by atoms with van der Waals surface area (Å²) < 4.78 is 11.0. The van der Waals surface area contributed by atoms with E-state index in [1.54, 1.807) is 7.11 Å². The minimum Gasteiger partial charge on any atom is -0.451 e. The summed E-state index contributed by atoms with van der Waals surface area (Å²) in [5, 5.41) is 3.87. The van der Waals surface area contributed by atoms with Crippen molar-refractivity contribution in [1.29, 1.82) is 0 Å². The molecule has 3 rings (SSSR count). The van der Waals surface area contributed by atoms with E-state index in [0.29, 0.717) is 24.5 Å². The van der Waals surface area contributed by atoms with E-state index in [1.807, 2.05) is 42.5 Å². The standard InChI is InChI=1S/C20H21NO3/c1-23-14-17-16-11-5-6-12-18(16)24-19(17)20(22)21-13-7-10-15-8-3-2-4-9-15/h2-6,8-9,11-12H,7,10,13-14H2,1H3,(H,21,22). The van der Waals surface area contributed by atoms with Crippen LogP contribution in [-0.2, 0) is 17.8 Å². The van der Waals surface area contributed by atoms with Gasteiger partial charge in [0.25, 0.3) is 5.91 Å². The normalized spacial score (nSPS) is 10.9. The smallest absolute Gasteiger partial charge is 0.287 e. The van der Waals surface area contributed by atoms with E-state index >= 15 is 0 Å². The van der Waals surface area contributed by atoms with Crippen molar-refractivity contribution in [2.45, 2.75) is 19.4 Å². The van der Waals surface area contributed by atoms with Gasteiger partial charge in [0.1, 0.15) is 5.58 Å². The average Bonchev–Trinajstić information content (AvgIpc) is 2.99. The Labute approximate surface area is 141 Å². The monoisotopic (exact) mass is 323 g/mol. The highest BCUT2D eigenvalue weighted by molar-refractivity contribution is 5.99. The number of hydrogen-bond donors (Lipinski definition) is 1. The minimum atomic E-state index is -0.189. The van der Waals surface area contributed by atoms with Crippen LogP contribution in [0.15, 0.2) is 59.0 Å². The van der Waals surface area contributed by atoms with Gasteiger partial charge >= 0.3 is 0 Å². The number of para-hydroxylation sites is 1. The summed E-state index contributed by atoms with van der Waals surface area (Å²) >= 11 is 0. The Morgan fingerprint density at radius 1 is 1.08 bits per heavy atom. The maximum absolute atomic E-state index is 12.5. The fourth-order valence-corrected chi connectivity index (χ4v) is 2.79. The van der Waals surface area contributed by atoms with E-state index in [0.717, 1.165) is 23.8 Å². The van der Waals surface area contributed by atoms with Crippen LogP contribution >= 0.6 is 0 Å². The zero-order valence-electron chi connectivity index (χ0n) is 13.7. The Hall–Kier alpha value is -2.59. The molecule has 0 saturated carbocycles. The Bertz CT molecular complexity index is 808. The van der Waals surface area contributed by atoms with E-state index in [2.05, 4.69) is 17.4 Å². The van der Waals surface area contributed by atoms with E-state index in [4.69, 9.17) is 9.15 Å². The van der Waals surface area contributed by atoms with Gasteiger partial charge in [-0.2, -0.15) is 0 Å². The zero-order chi connectivity index (χ0) is 16.8. The molecule has 24 heavy (non-hydrogen) atoms. The predicted octanol–water partition coefficient (Wildman–Crippen LogP) is 3.94. The highest BCUT2D eigenvalue weighted by Gasteiger charge is 2.19. The number of aryl methyl sites for hydroxylation is 1. The molecule has 1 aromatic heterocycles. The van der Waals surface area contributed by atoms with Crippen molar-refractivity contribution in [3.05, 3.63) is 71.5 Å². The molecule has 0 spiro atoms. The number of rotatable bonds is 7. The Kier molecular flexibility index (Phi) is 5.29. The van der Waals surface area contributed by atoms with Crippen LogP contribution in [0.1, 0.15) is 28.1 Å². The molecule has 0 atom stereocenters. The third kappa shape index (κ3) is 3.66. The van der Waals surface area contributed by atoms with Crippen molar-refractivity contribution in [2.75, 3.05) is 13.7 Å². The SMILES string of the molecule is COCc1c(C(=O)NCCCc2ccccc2)oc2ccccc12. The number of carbonyl (C=O) groups is 1. The van der Waals surface area contributed by atoms with Crippen LogP contribution in [0, 0.1) is 0 Å². The van der Waals surface area contributed by atoms with Gasteiger partial charge in [-0.1, -0.05) is 48.5 Å². The molecule has 124 valence electrons. The third-order valence-corrected chi connectivity index (χ3v) is 3.96. The molecule has 1 N–H and O–H groups in total. The van der Waals surface area contributed by atoms with Gasteiger partial charge in [0.2, 0.25) is 0 Å². The molecule has 4 nitrogen and oxygen atoms in total. The largest absolute Gasteiger partial charge is 0.451 e. The summed E-state index contributed by atoms with van der Waals surface area (Å²) in [7, 11) is 1.61. The lowest BCUT2D eigenvalue weighted by Crippen LogP contribution is -2.25. The molecular weight excluding hydrogens is 302 g/mol. The lowest BCUT2D eigenvalue weighted by atomic mass is 10.1. The molecule has 2 aromatic carbocycles. The summed E-state index contributed by atoms with van der Waals surface area (Å²) in [5.41, 5.74) is 2.78. The van der Waals surface area contributed by atoms with Gasteiger partial charge < -0.3 is 14.5 Å². The third-order valence-electron chi connectivity index (χ3n) is 3.96. The Balaban J connectivity index is 1.64. The summed E-state index contributed by atoms with van der Waals surface area (Å²) in [4.78, 5) is 12.5. The van der Waals surface area contributed by atoms with E-state index < -0.39 is 0 Å². The number of amides is 1. The van der Waals surface area contributed by atoms with E-state index in [-0.39, 0.29) is 5.91 Å². The van der Waals surface area contributed by atoms with Crippen LogP contribution in [0.3, 0.4) is 0 Å². The van der Waals surface area contributed by atoms with Gasteiger partial charge in [-0.3, -0.25) is 4.79 Å². The lowest BCUT2D eigenvalue weighted by molar-refractivity contribution is 0.0921. The van der Waals surface area contributed by atoms with E-state index in [1.165, 1.54) is 5.56 Å². The zero-order valence-corrected chi connectivity index (χ0v) is 13.7. The van der Waals surface area contributed by atoms with Gasteiger partial charge in [0.05, 0.1) is 6.61 Å². The Morgan fingerprint density at radius 2 is 1.83 bits per heavy atom. The first-order valence-corrected chi connectivity index (χ1v) is 8.11. The van der Waals surface area contributed by atoms with Crippen molar-refractivity contribution in [3.8, 4) is 0 Å². The lowest BCUT2D eigenvalue weighted by Gasteiger charge is -2.05. The highest BCUT2D eigenvalue weighted by atomic mass is 16.5. The van der Waals surface area contributed by atoms with Crippen LogP contribution in [0.4, 0.5) is 0 Å². The number of ether oxygens (including phenoxy) is 1. The predicted molar refractivity (Wildman–Crippen MR) is 94.0 cm³/mol. The van der Waals surface area contributed by atoms with Crippen LogP contribution in [0.2, 0.25) is 0 Å². The maximum Gasteiger partial charge on any atom is 0.287 e. The molecule has 0 unspecified atom stereocenters. The number of furan rings is 1. The topological polar surface area (TPSA) is 51.5 Å². The Morgan fingerprint density at radius 3 is 2.62 bits per heavy atom. The fourth-order valence-electron chi connectivity index (χ4n) is 2.79. The average molecular weight is 323 g/mol. The van der Waals surface area contributed by atoms with Gasteiger partial charge in [0.15, 0.2) is 5.76 Å². The second-order valence-electron chi connectivity index (χ2n) is 5.68. The minimum absolute atomic E-state index is 0.189. The molecular formula is C20H21NO3. The van der Waals surface area contributed by atoms with Gasteiger partial charge in [0, 0.05) is 24.6 Å². The second kappa shape index (κ2) is 7.79. The van der Waals surface area contributed by atoms with Gasteiger partial charge in [-0.15, -0.1) is 0 Å². The molecule has 1 amide bonds. The van der Waals surface area contributed by atoms with Crippen molar-refractivity contribution >= 4 is 16.9 Å². The number of hydrogen-bond acceptors (Lipinski definition) is 3. The summed E-state index contributed by atoms with van der Waals surface area (Å²) in [6.07, 6.45) is 1.82. The van der Waals surface area contributed by atoms with Crippen LogP contribution in [-0.4, -0.2) is 19.6 Å². The number of methoxy groups -OCH3 is 1. The molecule has 0 radical (unpaired) electrons. The first-order chi connectivity index (χ1) is 11.8. The van der Waals surface area contributed by atoms with Gasteiger partial charge in [-0.05, 0) is 24.5 Å². The molecule has 0 aliphatic carbocycles. The van der Waals surface area contributed by atoms with Crippen LogP contribution in [0.5, 0.6) is 0 Å². The molecule has 4 heteroatoms. The first kappa shape index (κ1) is 16.3. The van der Waals surface area contributed by atoms with Crippen molar-refractivity contribution in [1.82, 2.24) is 5.32 Å². The molecule has 0 fully saturated rings. The van der Waals surface area contributed by atoms with Crippen LogP contribution < -0.4 is 5.32 Å². The number of nitrogens with one attached hydrogen (secondary N) is 1. The highest BCUT2D eigenvalue weighted by Crippen LogP contribution is 2.26. The quantitative estimate of drug-likeness (QED) is 0.670. The van der Waals surface area contributed by atoms with Crippen molar-refractivity contribution in [3.63, 3.8) is 0 Å². The summed E-state index contributed by atoms with van der Waals surface area (Å²) in [6, 6.07) is 17.9. The van der Waals surface area contributed by atoms with Crippen molar-refractivity contribution in [2.24, 2.45) is 0 Å². The fraction of sp³-hybridized carbons (Fsp3) is 0.250. The van der Waals surface area contributed by atoms with E-state index in [9.17, 15) is 4.79 Å². The number of benzene rings is 2.